The fraction of sp³-hybridized carbons (Fsp3) is 0. The van der Waals surface area contributed by atoms with Crippen molar-refractivity contribution in [1.29, 1.82) is 5.26 Å². The van der Waals surface area contributed by atoms with Crippen molar-refractivity contribution in [2.24, 2.45) is 5.14 Å². The lowest BCUT2D eigenvalue weighted by Crippen LogP contribution is -2.13. The fourth-order valence-electron chi connectivity index (χ4n) is 0.669. The number of nitriles is 1. The Morgan fingerprint density at radius 1 is 1.77 bits per heavy atom. The highest BCUT2D eigenvalue weighted by molar-refractivity contribution is 7.93. The zero-order valence-corrected chi connectivity index (χ0v) is 7.25. The van der Waals surface area contributed by atoms with Crippen molar-refractivity contribution in [3.8, 4) is 6.07 Å². The second kappa shape index (κ2) is 3.38. The highest BCUT2D eigenvalue weighted by Crippen LogP contribution is 2.06. The molecule has 3 N–H and O–H groups in total. The maximum absolute atomic E-state index is 10.7. The molecule has 0 radical (unpaired) electrons. The third kappa shape index (κ3) is 2.40. The zero-order chi connectivity index (χ0) is 9.90. The first-order valence-electron chi connectivity index (χ1n) is 3.17. The van der Waals surface area contributed by atoms with E-state index in [1.165, 1.54) is 18.5 Å². The van der Waals surface area contributed by atoms with Crippen LogP contribution < -0.4 is 5.14 Å². The Labute approximate surface area is 74.7 Å². The van der Waals surface area contributed by atoms with Crippen molar-refractivity contribution in [2.75, 3.05) is 0 Å². The molecule has 0 aliphatic rings. The maximum Gasteiger partial charge on any atom is 0.248 e. The Hall–Kier alpha value is -1.65. The van der Waals surface area contributed by atoms with E-state index in [4.69, 9.17) is 10.4 Å². The van der Waals surface area contributed by atoms with Gasteiger partial charge in [-0.2, -0.15) is 10.4 Å². The van der Waals surface area contributed by atoms with E-state index in [-0.39, 0.29) is 0 Å². The van der Waals surface area contributed by atoms with Gasteiger partial charge in [0, 0.05) is 11.8 Å². The van der Waals surface area contributed by atoms with Crippen LogP contribution in [0.5, 0.6) is 0 Å². The normalized spacial score (nSPS) is 12.5. The van der Waals surface area contributed by atoms with Crippen LogP contribution in [0.15, 0.2) is 17.3 Å². The molecule has 0 aliphatic carbocycles. The molecule has 68 valence electrons. The number of aromatic nitrogens is 2. The molecule has 0 unspecified atom stereocenters. The largest absolute Gasteiger partial charge is 0.285 e. The Balaban J connectivity index is 3.14. The number of sulfonamides is 1. The predicted octanol–water partition coefficient (Wildman–Crippen LogP) is -0.437. The standard InChI is InChI=1S/C6H6N4O2S/c7-2-6(13(8,11)12)1-5-3-9-10-4-5/h1,3-4H,(H,9,10)(H2,8,11,12)/b6-1-. The summed E-state index contributed by atoms with van der Waals surface area (Å²) < 4.78 is 21.5. The van der Waals surface area contributed by atoms with Crippen LogP contribution in [0.25, 0.3) is 6.08 Å². The molecular weight excluding hydrogens is 192 g/mol. The average Bonchev–Trinajstić information content (AvgIpc) is 2.49. The number of nitrogens with one attached hydrogen (secondary N) is 1. The quantitative estimate of drug-likeness (QED) is 0.627. The minimum absolute atomic E-state index is 0.477. The van der Waals surface area contributed by atoms with Crippen molar-refractivity contribution in [3.05, 3.63) is 22.9 Å². The van der Waals surface area contributed by atoms with Gasteiger partial charge in [0.25, 0.3) is 0 Å². The number of rotatable bonds is 2. The molecule has 1 rings (SSSR count). The van der Waals surface area contributed by atoms with Crippen LogP contribution in [0.1, 0.15) is 5.56 Å². The van der Waals surface area contributed by atoms with Crippen molar-refractivity contribution < 1.29 is 8.42 Å². The van der Waals surface area contributed by atoms with E-state index < -0.39 is 14.9 Å². The van der Waals surface area contributed by atoms with E-state index in [0.29, 0.717) is 5.56 Å². The molecule has 7 heteroatoms. The minimum Gasteiger partial charge on any atom is -0.285 e. The first kappa shape index (κ1) is 9.44. The van der Waals surface area contributed by atoms with Crippen LogP contribution in [0.4, 0.5) is 0 Å². The zero-order valence-electron chi connectivity index (χ0n) is 6.43. The van der Waals surface area contributed by atoms with Crippen LogP contribution >= 0.6 is 0 Å². The summed E-state index contributed by atoms with van der Waals surface area (Å²) in [5.41, 5.74) is 0.477. The molecule has 0 saturated carbocycles. The average molecular weight is 198 g/mol. The second-order valence-corrected chi connectivity index (χ2v) is 3.73. The highest BCUT2D eigenvalue weighted by atomic mass is 32.2. The topological polar surface area (TPSA) is 113 Å². The number of nitrogens with two attached hydrogens (primary N) is 1. The molecular formula is C6H6N4O2S. The van der Waals surface area contributed by atoms with Gasteiger partial charge in [-0.3, -0.25) is 5.10 Å². The number of H-pyrrole nitrogens is 1. The Morgan fingerprint density at radius 3 is 2.85 bits per heavy atom. The summed E-state index contributed by atoms with van der Waals surface area (Å²) in [7, 11) is -3.93. The van der Waals surface area contributed by atoms with Crippen LogP contribution in [0.2, 0.25) is 0 Å². The Kier molecular flexibility index (Phi) is 2.46. The van der Waals surface area contributed by atoms with Crippen molar-refractivity contribution >= 4 is 16.1 Å². The molecule has 0 aromatic carbocycles. The summed E-state index contributed by atoms with van der Waals surface area (Å²) in [6.45, 7) is 0. The molecule has 0 amide bonds. The van der Waals surface area contributed by atoms with Gasteiger partial charge < -0.3 is 0 Å². The number of allylic oxidation sites excluding steroid dienone is 1. The molecule has 13 heavy (non-hydrogen) atoms. The van der Waals surface area contributed by atoms with Crippen molar-refractivity contribution in [3.63, 3.8) is 0 Å². The number of hydrogen-bond acceptors (Lipinski definition) is 4. The number of primary sulfonamides is 1. The van der Waals surface area contributed by atoms with E-state index in [0.717, 1.165) is 6.08 Å². The second-order valence-electron chi connectivity index (χ2n) is 2.20. The predicted molar refractivity (Wildman–Crippen MR) is 45.3 cm³/mol. The summed E-state index contributed by atoms with van der Waals surface area (Å²) in [6.07, 6.45) is 3.96. The maximum atomic E-state index is 10.7. The van der Waals surface area contributed by atoms with Crippen LogP contribution in [0, 0.1) is 11.3 Å². The van der Waals surface area contributed by atoms with E-state index in [1.54, 1.807) is 0 Å². The van der Waals surface area contributed by atoms with Gasteiger partial charge in [0.1, 0.15) is 6.07 Å². The first-order chi connectivity index (χ1) is 6.04. The van der Waals surface area contributed by atoms with Gasteiger partial charge in [0.15, 0.2) is 4.91 Å². The summed E-state index contributed by atoms with van der Waals surface area (Å²) in [5.74, 6) is 0. The highest BCUT2D eigenvalue weighted by Gasteiger charge is 2.10. The van der Waals surface area contributed by atoms with Gasteiger partial charge in [-0.25, -0.2) is 13.6 Å². The molecule has 1 aromatic heterocycles. The van der Waals surface area contributed by atoms with E-state index >= 15 is 0 Å². The lowest BCUT2D eigenvalue weighted by atomic mass is 10.3. The molecule has 0 aliphatic heterocycles. The SMILES string of the molecule is N#C/C(=C/c1cn[nH]c1)S(N)(=O)=O. The third-order valence-electron chi connectivity index (χ3n) is 1.23. The molecule has 6 nitrogen and oxygen atoms in total. The summed E-state index contributed by atoms with van der Waals surface area (Å²) in [6, 6.07) is 1.49. The van der Waals surface area contributed by atoms with Gasteiger partial charge in [-0.1, -0.05) is 0 Å². The third-order valence-corrected chi connectivity index (χ3v) is 2.06. The number of hydrogen-bond donors (Lipinski definition) is 2. The Morgan fingerprint density at radius 2 is 2.46 bits per heavy atom. The lowest BCUT2D eigenvalue weighted by molar-refractivity contribution is 0.605. The van der Waals surface area contributed by atoms with Gasteiger partial charge in [0.2, 0.25) is 10.0 Å². The van der Waals surface area contributed by atoms with Gasteiger partial charge >= 0.3 is 0 Å². The molecule has 0 fully saturated rings. The molecule has 0 bridgehead atoms. The summed E-state index contributed by atoms with van der Waals surface area (Å²) >= 11 is 0. The van der Waals surface area contributed by atoms with Gasteiger partial charge in [-0.05, 0) is 6.08 Å². The number of aromatic amines is 1. The smallest absolute Gasteiger partial charge is 0.248 e. The van der Waals surface area contributed by atoms with Crippen molar-refractivity contribution in [1.82, 2.24) is 10.2 Å². The van der Waals surface area contributed by atoms with Crippen LogP contribution in [-0.2, 0) is 10.0 Å². The summed E-state index contributed by atoms with van der Waals surface area (Å²) in [4.78, 5) is -0.492. The van der Waals surface area contributed by atoms with Crippen molar-refractivity contribution in [2.45, 2.75) is 0 Å². The fourth-order valence-corrected chi connectivity index (χ4v) is 1.10. The van der Waals surface area contributed by atoms with E-state index in [2.05, 4.69) is 10.2 Å². The van der Waals surface area contributed by atoms with Crippen LogP contribution in [0.3, 0.4) is 0 Å². The lowest BCUT2D eigenvalue weighted by Gasteiger charge is -1.91. The summed E-state index contributed by atoms with van der Waals surface area (Å²) in [5, 5.41) is 19.3. The first-order valence-corrected chi connectivity index (χ1v) is 4.72. The number of nitrogens with zero attached hydrogens (tertiary/aromatic N) is 2. The molecule has 0 saturated heterocycles. The monoisotopic (exact) mass is 198 g/mol. The van der Waals surface area contributed by atoms with E-state index in [9.17, 15) is 8.42 Å². The van der Waals surface area contributed by atoms with Gasteiger partial charge in [-0.15, -0.1) is 0 Å². The molecule has 1 aromatic rings. The molecule has 0 atom stereocenters. The molecule has 1 heterocycles. The van der Waals surface area contributed by atoms with E-state index in [1.807, 2.05) is 0 Å². The van der Waals surface area contributed by atoms with Crippen LogP contribution in [-0.4, -0.2) is 18.6 Å². The Bertz CT molecular complexity index is 451. The van der Waals surface area contributed by atoms with Gasteiger partial charge in [0.05, 0.1) is 6.20 Å². The minimum atomic E-state index is -3.93. The molecule has 0 spiro atoms.